The molecule has 0 spiro atoms. The number of methoxy groups -OCH3 is 1. The molecule has 19 heavy (non-hydrogen) atoms. The quantitative estimate of drug-likeness (QED) is 0.696. The Labute approximate surface area is 115 Å². The zero-order valence-corrected chi connectivity index (χ0v) is 11.8. The van der Waals surface area contributed by atoms with Crippen LogP contribution in [0.2, 0.25) is 0 Å². The first-order valence-corrected chi connectivity index (χ1v) is 6.65. The van der Waals surface area contributed by atoms with Gasteiger partial charge in [0, 0.05) is 6.61 Å². The van der Waals surface area contributed by atoms with E-state index in [0.29, 0.717) is 25.6 Å². The zero-order chi connectivity index (χ0) is 14.1. The van der Waals surface area contributed by atoms with Gasteiger partial charge in [0.05, 0.1) is 19.8 Å². The van der Waals surface area contributed by atoms with Gasteiger partial charge in [-0.25, -0.2) is 0 Å². The maximum atomic E-state index is 9.65. The third-order valence-corrected chi connectivity index (χ3v) is 2.94. The first-order chi connectivity index (χ1) is 9.15. The Morgan fingerprint density at radius 1 is 1.32 bits per heavy atom. The molecule has 0 aromatic heterocycles. The van der Waals surface area contributed by atoms with E-state index in [1.807, 2.05) is 24.3 Å². The molecule has 0 heterocycles. The Hall–Kier alpha value is -1.32. The second-order valence-electron chi connectivity index (χ2n) is 4.88. The minimum absolute atomic E-state index is 0.308. The molecule has 106 valence electrons. The SMILES string of the molecule is C=CC[C@H](O)C[C@@H](C)COCc1ccc(OC)cc1. The molecule has 0 aliphatic rings. The van der Waals surface area contributed by atoms with Crippen LogP contribution in [0.3, 0.4) is 0 Å². The fraction of sp³-hybridized carbons (Fsp3) is 0.500. The summed E-state index contributed by atoms with van der Waals surface area (Å²) in [6, 6.07) is 7.85. The van der Waals surface area contributed by atoms with Crippen molar-refractivity contribution in [2.24, 2.45) is 5.92 Å². The standard InChI is InChI=1S/C16H24O3/c1-4-5-15(17)10-13(2)11-19-12-14-6-8-16(18-3)9-7-14/h4,6-9,13,15,17H,1,5,10-12H2,2-3H3/t13-,15+/m1/s1. The van der Waals surface area contributed by atoms with Crippen molar-refractivity contribution in [3.8, 4) is 5.75 Å². The molecule has 1 rings (SSSR count). The summed E-state index contributed by atoms with van der Waals surface area (Å²) in [6.07, 6.45) is 2.82. The molecule has 0 radical (unpaired) electrons. The predicted molar refractivity (Wildman–Crippen MR) is 77.3 cm³/mol. The lowest BCUT2D eigenvalue weighted by molar-refractivity contribution is 0.0658. The summed E-state index contributed by atoms with van der Waals surface area (Å²) in [5, 5.41) is 9.65. The summed E-state index contributed by atoms with van der Waals surface area (Å²) in [6.45, 7) is 6.95. The van der Waals surface area contributed by atoms with E-state index in [2.05, 4.69) is 13.5 Å². The Balaban J connectivity index is 2.23. The van der Waals surface area contributed by atoms with Crippen molar-refractivity contribution in [1.82, 2.24) is 0 Å². The van der Waals surface area contributed by atoms with E-state index >= 15 is 0 Å². The first kappa shape index (κ1) is 15.7. The number of benzene rings is 1. The van der Waals surface area contributed by atoms with Gasteiger partial charge in [-0.2, -0.15) is 0 Å². The molecule has 0 aliphatic heterocycles. The fourth-order valence-electron chi connectivity index (χ4n) is 1.92. The molecule has 0 aliphatic carbocycles. The van der Waals surface area contributed by atoms with Gasteiger partial charge in [-0.05, 0) is 36.5 Å². The average Bonchev–Trinajstić information content (AvgIpc) is 2.39. The van der Waals surface area contributed by atoms with E-state index in [0.717, 1.165) is 17.7 Å². The molecule has 1 N–H and O–H groups in total. The molecule has 1 aromatic rings. The maximum absolute atomic E-state index is 9.65. The lowest BCUT2D eigenvalue weighted by Crippen LogP contribution is -2.15. The minimum atomic E-state index is -0.308. The second kappa shape index (κ2) is 8.73. The van der Waals surface area contributed by atoms with E-state index in [9.17, 15) is 5.11 Å². The summed E-state index contributed by atoms with van der Waals surface area (Å²) in [4.78, 5) is 0. The van der Waals surface area contributed by atoms with E-state index in [1.165, 1.54) is 0 Å². The van der Waals surface area contributed by atoms with Gasteiger partial charge in [-0.15, -0.1) is 6.58 Å². The van der Waals surface area contributed by atoms with Gasteiger partial charge < -0.3 is 14.6 Å². The number of aliphatic hydroxyl groups is 1. The number of hydrogen-bond donors (Lipinski definition) is 1. The van der Waals surface area contributed by atoms with Gasteiger partial charge in [-0.1, -0.05) is 25.1 Å². The molecule has 0 saturated heterocycles. The van der Waals surface area contributed by atoms with Gasteiger partial charge in [0.1, 0.15) is 5.75 Å². The predicted octanol–water partition coefficient (Wildman–Crippen LogP) is 3.18. The molecule has 0 fully saturated rings. The van der Waals surface area contributed by atoms with Crippen LogP contribution in [0, 0.1) is 5.92 Å². The van der Waals surface area contributed by atoms with Crippen LogP contribution >= 0.6 is 0 Å². The third-order valence-electron chi connectivity index (χ3n) is 2.94. The van der Waals surface area contributed by atoms with Crippen molar-refractivity contribution in [1.29, 1.82) is 0 Å². The Morgan fingerprint density at radius 3 is 2.58 bits per heavy atom. The number of ether oxygens (including phenoxy) is 2. The Kier molecular flexibility index (Phi) is 7.23. The molecule has 0 amide bonds. The van der Waals surface area contributed by atoms with E-state index < -0.39 is 0 Å². The summed E-state index contributed by atoms with van der Waals surface area (Å²) in [5.74, 6) is 1.19. The summed E-state index contributed by atoms with van der Waals surface area (Å²) < 4.78 is 10.8. The van der Waals surface area contributed by atoms with Crippen molar-refractivity contribution >= 4 is 0 Å². The van der Waals surface area contributed by atoms with Crippen LogP contribution in [0.25, 0.3) is 0 Å². The van der Waals surface area contributed by atoms with Crippen molar-refractivity contribution in [2.45, 2.75) is 32.5 Å². The van der Waals surface area contributed by atoms with E-state index in [1.54, 1.807) is 13.2 Å². The van der Waals surface area contributed by atoms with Gasteiger partial charge in [-0.3, -0.25) is 0 Å². The molecular weight excluding hydrogens is 240 g/mol. The van der Waals surface area contributed by atoms with Gasteiger partial charge >= 0.3 is 0 Å². The number of hydrogen-bond acceptors (Lipinski definition) is 3. The molecule has 3 heteroatoms. The highest BCUT2D eigenvalue weighted by Crippen LogP contribution is 2.14. The maximum Gasteiger partial charge on any atom is 0.118 e. The van der Waals surface area contributed by atoms with Gasteiger partial charge in [0.15, 0.2) is 0 Å². The molecule has 0 saturated carbocycles. The smallest absolute Gasteiger partial charge is 0.118 e. The Morgan fingerprint density at radius 2 is 2.00 bits per heavy atom. The highest BCUT2D eigenvalue weighted by molar-refractivity contribution is 5.26. The van der Waals surface area contributed by atoms with Crippen LogP contribution in [-0.4, -0.2) is 24.9 Å². The summed E-state index contributed by atoms with van der Waals surface area (Å²) in [5.41, 5.74) is 1.12. The molecule has 0 bridgehead atoms. The summed E-state index contributed by atoms with van der Waals surface area (Å²) in [7, 11) is 1.65. The van der Waals surface area contributed by atoms with E-state index in [4.69, 9.17) is 9.47 Å². The zero-order valence-electron chi connectivity index (χ0n) is 11.8. The van der Waals surface area contributed by atoms with Crippen LogP contribution in [0.1, 0.15) is 25.3 Å². The largest absolute Gasteiger partial charge is 0.497 e. The van der Waals surface area contributed by atoms with Crippen molar-refractivity contribution in [3.63, 3.8) is 0 Å². The minimum Gasteiger partial charge on any atom is -0.497 e. The van der Waals surface area contributed by atoms with Crippen LogP contribution in [0.5, 0.6) is 5.75 Å². The highest BCUT2D eigenvalue weighted by atomic mass is 16.5. The Bertz CT molecular complexity index is 359. The lowest BCUT2D eigenvalue weighted by Gasteiger charge is -2.15. The first-order valence-electron chi connectivity index (χ1n) is 6.65. The van der Waals surface area contributed by atoms with Crippen molar-refractivity contribution in [3.05, 3.63) is 42.5 Å². The fourth-order valence-corrected chi connectivity index (χ4v) is 1.92. The molecule has 1 aromatic carbocycles. The number of aliphatic hydroxyl groups excluding tert-OH is 1. The topological polar surface area (TPSA) is 38.7 Å². The van der Waals surface area contributed by atoms with Gasteiger partial charge in [0.25, 0.3) is 0 Å². The van der Waals surface area contributed by atoms with E-state index in [-0.39, 0.29) is 6.10 Å². The van der Waals surface area contributed by atoms with Crippen LogP contribution in [0.15, 0.2) is 36.9 Å². The lowest BCUT2D eigenvalue weighted by atomic mass is 10.0. The normalized spacial score (nSPS) is 13.8. The van der Waals surface area contributed by atoms with Crippen molar-refractivity contribution < 1.29 is 14.6 Å². The third kappa shape index (κ3) is 6.41. The molecular formula is C16H24O3. The average molecular weight is 264 g/mol. The summed E-state index contributed by atoms with van der Waals surface area (Å²) >= 11 is 0. The second-order valence-corrected chi connectivity index (χ2v) is 4.88. The molecule has 3 nitrogen and oxygen atoms in total. The monoisotopic (exact) mass is 264 g/mol. The highest BCUT2D eigenvalue weighted by Gasteiger charge is 2.09. The van der Waals surface area contributed by atoms with Crippen LogP contribution < -0.4 is 4.74 Å². The van der Waals surface area contributed by atoms with Gasteiger partial charge in [0.2, 0.25) is 0 Å². The molecule has 0 unspecified atom stereocenters. The molecule has 2 atom stereocenters. The van der Waals surface area contributed by atoms with Crippen LogP contribution in [-0.2, 0) is 11.3 Å². The number of rotatable bonds is 9. The van der Waals surface area contributed by atoms with Crippen molar-refractivity contribution in [2.75, 3.05) is 13.7 Å². The van der Waals surface area contributed by atoms with Crippen LogP contribution in [0.4, 0.5) is 0 Å².